The molecule has 4 N–H and O–H groups in total. The fourth-order valence-electron chi connectivity index (χ4n) is 2.25. The van der Waals surface area contributed by atoms with Crippen molar-refractivity contribution >= 4 is 11.9 Å². The Kier molecular flexibility index (Phi) is 5.27. The zero-order valence-corrected chi connectivity index (χ0v) is 12.3. The van der Waals surface area contributed by atoms with Crippen LogP contribution in [0.25, 0.3) is 0 Å². The molecule has 2 aromatic carbocycles. The summed E-state index contributed by atoms with van der Waals surface area (Å²) in [7, 11) is 0. The molecule has 0 saturated heterocycles. The predicted molar refractivity (Wildman–Crippen MR) is 84.9 cm³/mol. The van der Waals surface area contributed by atoms with Crippen molar-refractivity contribution in [1.29, 1.82) is 0 Å². The molecule has 5 heteroatoms. The maximum Gasteiger partial charge on any atom is 0.318 e. The molecular formula is C17H19N3O2. The molecule has 0 aromatic heterocycles. The zero-order valence-electron chi connectivity index (χ0n) is 12.3. The van der Waals surface area contributed by atoms with E-state index in [1.54, 1.807) is 0 Å². The van der Waals surface area contributed by atoms with E-state index < -0.39 is 18.0 Å². The third-order valence-electron chi connectivity index (χ3n) is 3.36. The minimum absolute atomic E-state index is 0.0648. The highest BCUT2D eigenvalue weighted by molar-refractivity contribution is 5.96. The zero-order chi connectivity index (χ0) is 15.9. The lowest BCUT2D eigenvalue weighted by atomic mass is 10.0. The fraction of sp³-hybridized carbons (Fsp3) is 0.176. The standard InChI is InChI=1S/C17H19N3O2/c1-12(13-8-4-2-5-9-13)19-15(16(21)20-17(18)22)14-10-6-3-7-11-14/h2-12,15,19H,1H3,(H3,18,20,21,22)/t12-,15-/m0/s1. The number of rotatable bonds is 5. The number of hydrogen-bond donors (Lipinski definition) is 3. The highest BCUT2D eigenvalue weighted by atomic mass is 16.2. The minimum Gasteiger partial charge on any atom is -0.351 e. The summed E-state index contributed by atoms with van der Waals surface area (Å²) in [5.41, 5.74) is 6.87. The van der Waals surface area contributed by atoms with Crippen LogP contribution in [-0.2, 0) is 4.79 Å². The normalized spacial score (nSPS) is 13.1. The van der Waals surface area contributed by atoms with Crippen molar-refractivity contribution in [3.8, 4) is 0 Å². The van der Waals surface area contributed by atoms with Crippen LogP contribution in [0.3, 0.4) is 0 Å². The van der Waals surface area contributed by atoms with Gasteiger partial charge in [0.05, 0.1) is 0 Å². The largest absolute Gasteiger partial charge is 0.351 e. The van der Waals surface area contributed by atoms with Gasteiger partial charge in [0.15, 0.2) is 0 Å². The van der Waals surface area contributed by atoms with Crippen LogP contribution >= 0.6 is 0 Å². The van der Waals surface area contributed by atoms with Crippen LogP contribution in [0.15, 0.2) is 60.7 Å². The molecule has 0 aliphatic carbocycles. The van der Waals surface area contributed by atoms with E-state index in [1.165, 1.54) is 0 Å². The van der Waals surface area contributed by atoms with Crippen LogP contribution < -0.4 is 16.4 Å². The van der Waals surface area contributed by atoms with E-state index in [1.807, 2.05) is 67.6 Å². The number of nitrogens with one attached hydrogen (secondary N) is 2. The molecule has 0 unspecified atom stereocenters. The summed E-state index contributed by atoms with van der Waals surface area (Å²) in [6.45, 7) is 1.96. The molecule has 0 heterocycles. The van der Waals surface area contributed by atoms with Gasteiger partial charge in [0.25, 0.3) is 0 Å². The molecule has 2 aromatic rings. The number of nitrogens with two attached hydrogens (primary N) is 1. The molecule has 0 bridgehead atoms. The quantitative estimate of drug-likeness (QED) is 0.791. The minimum atomic E-state index is -0.861. The number of benzene rings is 2. The second-order valence-electron chi connectivity index (χ2n) is 5.00. The summed E-state index contributed by atoms with van der Waals surface area (Å²) in [6.07, 6.45) is 0. The van der Waals surface area contributed by atoms with Crippen LogP contribution in [0.2, 0.25) is 0 Å². The van der Waals surface area contributed by atoms with E-state index in [-0.39, 0.29) is 6.04 Å². The Morgan fingerprint density at radius 3 is 1.91 bits per heavy atom. The average molecular weight is 297 g/mol. The van der Waals surface area contributed by atoms with Crippen molar-refractivity contribution in [1.82, 2.24) is 10.6 Å². The molecule has 0 fully saturated rings. The van der Waals surface area contributed by atoms with Gasteiger partial charge in [0, 0.05) is 6.04 Å². The number of imide groups is 1. The van der Waals surface area contributed by atoms with Crippen molar-refractivity contribution < 1.29 is 9.59 Å². The van der Waals surface area contributed by atoms with Gasteiger partial charge in [-0.05, 0) is 18.1 Å². The molecule has 0 spiro atoms. The first kappa shape index (κ1) is 15.7. The number of hydrogen-bond acceptors (Lipinski definition) is 3. The maximum absolute atomic E-state index is 12.2. The molecule has 114 valence electrons. The molecule has 5 nitrogen and oxygen atoms in total. The number of urea groups is 1. The van der Waals surface area contributed by atoms with Crippen molar-refractivity contribution in [3.63, 3.8) is 0 Å². The van der Waals surface area contributed by atoms with Crippen molar-refractivity contribution in [3.05, 3.63) is 71.8 Å². The number of primary amides is 1. The Labute approximate surface area is 129 Å². The van der Waals surface area contributed by atoms with E-state index >= 15 is 0 Å². The number of carbonyl (C=O) groups excluding carboxylic acids is 2. The van der Waals surface area contributed by atoms with Gasteiger partial charge in [-0.1, -0.05) is 60.7 Å². The topological polar surface area (TPSA) is 84.2 Å². The van der Waals surface area contributed by atoms with Gasteiger partial charge >= 0.3 is 6.03 Å². The molecular weight excluding hydrogens is 278 g/mol. The molecule has 22 heavy (non-hydrogen) atoms. The van der Waals surface area contributed by atoms with Crippen LogP contribution in [0, 0.1) is 0 Å². The van der Waals surface area contributed by atoms with Gasteiger partial charge in [-0.15, -0.1) is 0 Å². The van der Waals surface area contributed by atoms with E-state index in [0.717, 1.165) is 11.1 Å². The molecule has 0 aliphatic rings. The van der Waals surface area contributed by atoms with Crippen LogP contribution in [-0.4, -0.2) is 11.9 Å². The summed E-state index contributed by atoms with van der Waals surface area (Å²) in [5.74, 6) is -0.471. The summed E-state index contributed by atoms with van der Waals surface area (Å²) in [5, 5.41) is 5.37. The Balaban J connectivity index is 2.21. The maximum atomic E-state index is 12.2. The van der Waals surface area contributed by atoms with Crippen LogP contribution in [0.4, 0.5) is 4.79 Å². The molecule has 0 aliphatic heterocycles. The van der Waals surface area contributed by atoms with Gasteiger partial charge in [-0.25, -0.2) is 4.79 Å². The number of amides is 3. The lowest BCUT2D eigenvalue weighted by molar-refractivity contribution is -0.122. The Hall–Kier alpha value is -2.66. The van der Waals surface area contributed by atoms with Crippen molar-refractivity contribution in [2.75, 3.05) is 0 Å². The third-order valence-corrected chi connectivity index (χ3v) is 3.36. The summed E-state index contributed by atoms with van der Waals surface area (Å²) in [4.78, 5) is 23.2. The van der Waals surface area contributed by atoms with E-state index in [4.69, 9.17) is 5.73 Å². The van der Waals surface area contributed by atoms with E-state index in [9.17, 15) is 9.59 Å². The van der Waals surface area contributed by atoms with Gasteiger partial charge in [-0.3, -0.25) is 15.4 Å². The molecule has 2 atom stereocenters. The lowest BCUT2D eigenvalue weighted by Gasteiger charge is -2.23. The summed E-state index contributed by atoms with van der Waals surface area (Å²) < 4.78 is 0. The van der Waals surface area contributed by atoms with E-state index in [0.29, 0.717) is 0 Å². The summed E-state index contributed by atoms with van der Waals surface area (Å²) >= 11 is 0. The molecule has 3 amide bonds. The Morgan fingerprint density at radius 2 is 1.41 bits per heavy atom. The van der Waals surface area contributed by atoms with Gasteiger partial charge in [0.1, 0.15) is 6.04 Å². The smallest absolute Gasteiger partial charge is 0.318 e. The van der Waals surface area contributed by atoms with Crippen molar-refractivity contribution in [2.45, 2.75) is 19.0 Å². The monoisotopic (exact) mass is 297 g/mol. The first-order chi connectivity index (χ1) is 10.6. The van der Waals surface area contributed by atoms with Crippen LogP contribution in [0.1, 0.15) is 30.1 Å². The summed E-state index contributed by atoms with van der Waals surface area (Å²) in [6, 6.07) is 17.4. The van der Waals surface area contributed by atoms with Gasteiger partial charge in [0.2, 0.25) is 5.91 Å². The van der Waals surface area contributed by atoms with Crippen LogP contribution in [0.5, 0.6) is 0 Å². The Bertz CT molecular complexity index is 629. The first-order valence-electron chi connectivity index (χ1n) is 7.04. The SMILES string of the molecule is C[C@H](N[C@H](C(=O)NC(N)=O)c1ccccc1)c1ccccc1. The molecule has 0 saturated carbocycles. The third kappa shape index (κ3) is 4.17. The average Bonchev–Trinajstić information content (AvgIpc) is 2.53. The molecule has 0 radical (unpaired) electrons. The number of carbonyl (C=O) groups is 2. The second-order valence-corrected chi connectivity index (χ2v) is 5.00. The van der Waals surface area contributed by atoms with Gasteiger partial charge < -0.3 is 5.73 Å². The van der Waals surface area contributed by atoms with Crippen molar-refractivity contribution in [2.24, 2.45) is 5.73 Å². The predicted octanol–water partition coefficient (Wildman–Crippen LogP) is 2.27. The highest BCUT2D eigenvalue weighted by Crippen LogP contribution is 2.19. The second kappa shape index (κ2) is 7.38. The fourth-order valence-corrected chi connectivity index (χ4v) is 2.25. The lowest BCUT2D eigenvalue weighted by Crippen LogP contribution is -2.43. The van der Waals surface area contributed by atoms with E-state index in [2.05, 4.69) is 10.6 Å². The Morgan fingerprint density at radius 1 is 0.909 bits per heavy atom. The first-order valence-corrected chi connectivity index (χ1v) is 7.04. The molecule has 2 rings (SSSR count). The highest BCUT2D eigenvalue weighted by Gasteiger charge is 2.23. The van der Waals surface area contributed by atoms with Gasteiger partial charge in [-0.2, -0.15) is 0 Å².